The summed E-state index contributed by atoms with van der Waals surface area (Å²) >= 11 is 0. The highest BCUT2D eigenvalue weighted by Crippen LogP contribution is 2.24. The number of carbonyl (C=O) groups excluding carboxylic acids is 1. The Hall–Kier alpha value is -2.29. The summed E-state index contributed by atoms with van der Waals surface area (Å²) in [6.45, 7) is 0. The third-order valence-corrected chi connectivity index (χ3v) is 1.83. The van der Waals surface area contributed by atoms with Gasteiger partial charge in [-0.1, -0.05) is 6.07 Å². The van der Waals surface area contributed by atoms with Crippen molar-refractivity contribution in [1.82, 2.24) is 0 Å². The van der Waals surface area contributed by atoms with Gasteiger partial charge in [-0.3, -0.25) is 14.9 Å². The summed E-state index contributed by atoms with van der Waals surface area (Å²) in [7, 11) is 0. The number of aldehydes is 1. The number of nitriles is 1. The number of carbonyl (C=O) groups is 1. The van der Waals surface area contributed by atoms with E-state index in [2.05, 4.69) is 0 Å². The molecule has 0 radical (unpaired) electrons. The summed E-state index contributed by atoms with van der Waals surface area (Å²) in [4.78, 5) is 20.1. The molecule has 0 atom stereocenters. The number of halogens is 1. The minimum absolute atomic E-state index is 0.153. The number of nitro groups is 1. The van der Waals surface area contributed by atoms with E-state index in [4.69, 9.17) is 5.26 Å². The van der Waals surface area contributed by atoms with Gasteiger partial charge in [0.1, 0.15) is 0 Å². The van der Waals surface area contributed by atoms with E-state index >= 15 is 0 Å². The number of rotatable bonds is 3. The number of benzene rings is 1. The minimum Gasteiger partial charge on any atom is -0.298 e. The number of nitrogens with zero attached hydrogens (tertiary/aromatic N) is 2. The zero-order valence-electron chi connectivity index (χ0n) is 7.44. The average Bonchev–Trinajstić information content (AvgIpc) is 2.19. The van der Waals surface area contributed by atoms with Crippen molar-refractivity contribution in [3.05, 3.63) is 39.2 Å². The van der Waals surface area contributed by atoms with Crippen LogP contribution in [0, 0.1) is 27.3 Å². The average molecular weight is 208 g/mol. The molecule has 76 valence electrons. The molecule has 0 spiro atoms. The summed E-state index contributed by atoms with van der Waals surface area (Å²) < 4.78 is 13.0. The van der Waals surface area contributed by atoms with Gasteiger partial charge in [0.05, 0.1) is 23.0 Å². The summed E-state index contributed by atoms with van der Waals surface area (Å²) in [6.07, 6.45) is 0.0169. The maximum Gasteiger partial charge on any atom is 0.315 e. The molecule has 15 heavy (non-hydrogen) atoms. The third kappa shape index (κ3) is 1.96. The van der Waals surface area contributed by atoms with E-state index in [1.807, 2.05) is 0 Å². The molecule has 6 heteroatoms. The van der Waals surface area contributed by atoms with E-state index in [1.165, 1.54) is 6.07 Å². The van der Waals surface area contributed by atoms with Crippen molar-refractivity contribution in [2.24, 2.45) is 0 Å². The highest BCUT2D eigenvalue weighted by Gasteiger charge is 2.22. The molecule has 0 heterocycles. The zero-order valence-corrected chi connectivity index (χ0v) is 7.44. The maximum absolute atomic E-state index is 13.0. The van der Waals surface area contributed by atoms with Crippen LogP contribution in [0.3, 0.4) is 0 Å². The van der Waals surface area contributed by atoms with Crippen LogP contribution < -0.4 is 0 Å². The van der Waals surface area contributed by atoms with E-state index in [0.29, 0.717) is 0 Å². The van der Waals surface area contributed by atoms with E-state index in [1.54, 1.807) is 6.07 Å². The molecule has 0 aliphatic rings. The van der Waals surface area contributed by atoms with E-state index < -0.39 is 16.4 Å². The van der Waals surface area contributed by atoms with E-state index in [0.717, 1.165) is 6.07 Å². The molecule has 0 saturated heterocycles. The van der Waals surface area contributed by atoms with Crippen LogP contribution in [0.4, 0.5) is 10.1 Å². The van der Waals surface area contributed by atoms with Gasteiger partial charge in [0.15, 0.2) is 6.29 Å². The summed E-state index contributed by atoms with van der Waals surface area (Å²) in [5.41, 5.74) is -1.10. The monoisotopic (exact) mass is 208 g/mol. The Bertz CT molecular complexity index is 465. The molecule has 1 rings (SSSR count). The first kappa shape index (κ1) is 10.8. The van der Waals surface area contributed by atoms with Gasteiger partial charge in [0, 0.05) is 0 Å². The van der Waals surface area contributed by atoms with Gasteiger partial charge in [0.25, 0.3) is 0 Å². The summed E-state index contributed by atoms with van der Waals surface area (Å²) in [5, 5.41) is 18.9. The zero-order chi connectivity index (χ0) is 11.4. The fourth-order valence-electron chi connectivity index (χ4n) is 1.18. The van der Waals surface area contributed by atoms with Crippen LogP contribution >= 0.6 is 0 Å². The van der Waals surface area contributed by atoms with Gasteiger partial charge in [-0.2, -0.15) is 9.65 Å². The van der Waals surface area contributed by atoms with Gasteiger partial charge < -0.3 is 0 Å². The second-order valence-corrected chi connectivity index (χ2v) is 2.68. The molecule has 0 bridgehead atoms. The highest BCUT2D eigenvalue weighted by molar-refractivity contribution is 5.84. The Morgan fingerprint density at radius 1 is 1.60 bits per heavy atom. The first-order valence-corrected chi connectivity index (χ1v) is 3.89. The van der Waals surface area contributed by atoms with Crippen LogP contribution in [0.25, 0.3) is 0 Å². The number of nitro benzene ring substituents is 1. The summed E-state index contributed by atoms with van der Waals surface area (Å²) in [5.74, 6) is -1.08. The predicted molar refractivity (Wildman–Crippen MR) is 47.8 cm³/mol. The van der Waals surface area contributed by atoms with E-state index in [9.17, 15) is 19.3 Å². The van der Waals surface area contributed by atoms with E-state index in [-0.39, 0.29) is 23.8 Å². The van der Waals surface area contributed by atoms with Gasteiger partial charge in [-0.05, 0) is 11.6 Å². The SMILES string of the molecule is N#CCc1ccc(F)c([N+](=O)[O-])c1C=O. The van der Waals surface area contributed by atoms with Crippen molar-refractivity contribution in [3.8, 4) is 6.07 Å². The smallest absolute Gasteiger partial charge is 0.298 e. The Morgan fingerprint density at radius 3 is 2.73 bits per heavy atom. The normalized spacial score (nSPS) is 9.33. The standard InChI is InChI=1S/C9H5FN2O3/c10-8-2-1-6(3-4-11)7(5-13)9(8)12(14)15/h1-2,5H,3H2. The fraction of sp³-hybridized carbons (Fsp3) is 0.111. The quantitative estimate of drug-likeness (QED) is 0.429. The molecule has 0 aromatic heterocycles. The van der Waals surface area contributed by atoms with Crippen LogP contribution in [-0.4, -0.2) is 11.2 Å². The molecule has 1 aromatic rings. The molecule has 0 aliphatic carbocycles. The van der Waals surface area contributed by atoms with Gasteiger partial charge in [-0.15, -0.1) is 0 Å². The first-order valence-electron chi connectivity index (χ1n) is 3.89. The van der Waals surface area contributed by atoms with Crippen molar-refractivity contribution < 1.29 is 14.1 Å². The van der Waals surface area contributed by atoms with Crippen LogP contribution in [0.2, 0.25) is 0 Å². The largest absolute Gasteiger partial charge is 0.315 e. The van der Waals surface area contributed by atoms with Gasteiger partial charge in [0.2, 0.25) is 5.82 Å². The number of hydrogen-bond acceptors (Lipinski definition) is 4. The van der Waals surface area contributed by atoms with Crippen molar-refractivity contribution in [1.29, 1.82) is 5.26 Å². The topological polar surface area (TPSA) is 84.0 Å². The summed E-state index contributed by atoms with van der Waals surface area (Å²) in [6, 6.07) is 3.80. The number of hydrogen-bond donors (Lipinski definition) is 0. The van der Waals surface area contributed by atoms with Crippen LogP contribution in [0.1, 0.15) is 15.9 Å². The molecule has 0 fully saturated rings. The predicted octanol–water partition coefficient (Wildman–Crippen LogP) is 1.61. The molecule has 1 aromatic carbocycles. The molecule has 0 unspecified atom stereocenters. The highest BCUT2D eigenvalue weighted by atomic mass is 19.1. The lowest BCUT2D eigenvalue weighted by atomic mass is 10.0. The van der Waals surface area contributed by atoms with Crippen molar-refractivity contribution in [2.45, 2.75) is 6.42 Å². The molecular weight excluding hydrogens is 203 g/mol. The van der Waals surface area contributed by atoms with Crippen molar-refractivity contribution in [2.75, 3.05) is 0 Å². The van der Waals surface area contributed by atoms with Crippen molar-refractivity contribution in [3.63, 3.8) is 0 Å². The Morgan fingerprint density at radius 2 is 2.27 bits per heavy atom. The maximum atomic E-state index is 13.0. The van der Waals surface area contributed by atoms with Crippen LogP contribution in [-0.2, 0) is 6.42 Å². The Balaban J connectivity index is 3.48. The fourth-order valence-corrected chi connectivity index (χ4v) is 1.18. The van der Waals surface area contributed by atoms with Crippen molar-refractivity contribution >= 4 is 12.0 Å². The Kier molecular flexibility index (Phi) is 3.08. The van der Waals surface area contributed by atoms with Crippen LogP contribution in [0.5, 0.6) is 0 Å². The lowest BCUT2D eigenvalue weighted by Gasteiger charge is -2.01. The lowest BCUT2D eigenvalue weighted by molar-refractivity contribution is -0.387. The molecule has 0 aliphatic heterocycles. The lowest BCUT2D eigenvalue weighted by Crippen LogP contribution is -2.02. The molecule has 0 saturated carbocycles. The third-order valence-electron chi connectivity index (χ3n) is 1.83. The second kappa shape index (κ2) is 4.28. The Labute approximate surface area is 83.9 Å². The molecule has 0 amide bonds. The van der Waals surface area contributed by atoms with Gasteiger partial charge in [-0.25, -0.2) is 0 Å². The second-order valence-electron chi connectivity index (χ2n) is 2.68. The molecule has 0 N–H and O–H groups in total. The minimum atomic E-state index is -1.08. The van der Waals surface area contributed by atoms with Gasteiger partial charge >= 0.3 is 5.69 Å². The molecule has 5 nitrogen and oxygen atoms in total. The first-order chi connectivity index (χ1) is 7.11. The molecular formula is C9H5FN2O3. The van der Waals surface area contributed by atoms with Crippen LogP contribution in [0.15, 0.2) is 12.1 Å².